The fourth-order valence-electron chi connectivity index (χ4n) is 2.92. The smallest absolute Gasteiger partial charge is 0.0735 e. The Morgan fingerprint density at radius 2 is 1.16 bits per heavy atom. The van der Waals surface area contributed by atoms with Gasteiger partial charge in [-0.3, -0.25) is 0 Å². The van der Waals surface area contributed by atoms with Crippen molar-refractivity contribution in [2.45, 2.75) is 60.1 Å². The molecule has 0 aliphatic rings. The van der Waals surface area contributed by atoms with Crippen LogP contribution in [-0.2, 0) is 0 Å². The Labute approximate surface area is 123 Å². The van der Waals surface area contributed by atoms with Gasteiger partial charge in [0.25, 0.3) is 0 Å². The van der Waals surface area contributed by atoms with E-state index in [1.165, 1.54) is 24.9 Å². The third-order valence-corrected chi connectivity index (χ3v) is 16.5. The fraction of sp³-hybridized carbons (Fsp3) is 0.562. The van der Waals surface area contributed by atoms with Crippen molar-refractivity contribution in [2.75, 3.05) is 0 Å². The molecule has 19 heavy (non-hydrogen) atoms. The van der Waals surface area contributed by atoms with E-state index in [4.69, 9.17) is 0 Å². The second kappa shape index (κ2) is 5.67. The lowest BCUT2D eigenvalue weighted by atomic mass is 10.1. The van der Waals surface area contributed by atoms with Crippen molar-refractivity contribution in [1.29, 1.82) is 0 Å². The van der Waals surface area contributed by atoms with Crippen molar-refractivity contribution in [3.63, 3.8) is 0 Å². The lowest BCUT2D eigenvalue weighted by molar-refractivity contribution is 1.36. The molecule has 0 heterocycles. The Hall–Kier alpha value is -0.176. The van der Waals surface area contributed by atoms with Gasteiger partial charge in [0.15, 0.2) is 0 Å². The van der Waals surface area contributed by atoms with Crippen LogP contribution in [0.1, 0.15) is 16.7 Å². The molecule has 0 atom stereocenters. The van der Waals surface area contributed by atoms with Crippen LogP contribution in [0, 0.1) is 20.8 Å². The van der Waals surface area contributed by atoms with Crippen LogP contribution in [0.5, 0.6) is 0 Å². The molecule has 0 fully saturated rings. The largest absolute Gasteiger partial charge is 0.0774 e. The minimum atomic E-state index is -1.20. The molecule has 0 aliphatic heterocycles. The number of aryl methyl sites for hydroxylation is 3. The lowest BCUT2D eigenvalue weighted by Crippen LogP contribution is -2.48. The van der Waals surface area contributed by atoms with E-state index in [2.05, 4.69) is 72.2 Å². The van der Waals surface area contributed by atoms with Crippen molar-refractivity contribution >= 4 is 34.2 Å². The molecule has 0 nitrogen and oxygen atoms in total. The summed E-state index contributed by atoms with van der Waals surface area (Å²) < 4.78 is 1.88. The summed E-state index contributed by atoms with van der Waals surface area (Å²) in [4.78, 5) is 0. The highest BCUT2D eigenvalue weighted by molar-refractivity contribution is 7.67. The minimum Gasteiger partial charge on any atom is -0.0774 e. The van der Waals surface area contributed by atoms with Gasteiger partial charge < -0.3 is 0 Å². The van der Waals surface area contributed by atoms with Crippen LogP contribution in [0.25, 0.3) is 0 Å². The van der Waals surface area contributed by atoms with Crippen LogP contribution < -0.4 is 5.30 Å². The molecule has 0 unspecified atom stereocenters. The van der Waals surface area contributed by atoms with E-state index in [0.717, 1.165) is 0 Å². The van der Waals surface area contributed by atoms with Crippen molar-refractivity contribution in [2.24, 2.45) is 0 Å². The highest BCUT2D eigenvalue weighted by atomic mass is 31.1. The summed E-state index contributed by atoms with van der Waals surface area (Å²) >= 11 is 0. The maximum absolute atomic E-state index is 2.51. The predicted molar refractivity (Wildman–Crippen MR) is 98.9 cm³/mol. The first-order valence-corrected chi connectivity index (χ1v) is 15.0. The van der Waals surface area contributed by atoms with E-state index >= 15 is 0 Å². The summed E-state index contributed by atoms with van der Waals surface area (Å²) in [6.45, 7) is 21.8. The summed E-state index contributed by atoms with van der Waals surface area (Å²) in [5.74, 6) is 0. The Morgan fingerprint density at radius 3 is 1.47 bits per heavy atom. The molecular formula is C16H29PSi2. The average molecular weight is 309 g/mol. The quantitative estimate of drug-likeness (QED) is 0.537. The first-order chi connectivity index (χ1) is 8.43. The molecule has 106 valence electrons. The van der Waals surface area contributed by atoms with Gasteiger partial charge in [-0.1, -0.05) is 69.7 Å². The zero-order valence-corrected chi connectivity index (χ0v) is 17.0. The van der Waals surface area contributed by atoms with Gasteiger partial charge in [0.05, 0.1) is 16.1 Å². The number of benzene rings is 1. The summed E-state index contributed by atoms with van der Waals surface area (Å²) in [5.41, 5.74) is 4.32. The number of hydrogen-bond donors (Lipinski definition) is 0. The van der Waals surface area contributed by atoms with E-state index in [-0.39, 0.29) is 0 Å². The summed E-state index contributed by atoms with van der Waals surface area (Å²) in [5, 5.41) is 1.56. The van der Waals surface area contributed by atoms with Crippen molar-refractivity contribution in [3.8, 4) is 0 Å². The molecule has 0 saturated carbocycles. The average Bonchev–Trinajstić information content (AvgIpc) is 2.11. The van der Waals surface area contributed by atoms with E-state index < -0.39 is 16.1 Å². The molecule has 0 aliphatic carbocycles. The number of hydrogen-bond acceptors (Lipinski definition) is 0. The molecular weight excluding hydrogens is 279 g/mol. The van der Waals surface area contributed by atoms with Gasteiger partial charge in [0.2, 0.25) is 0 Å². The molecule has 0 amide bonds. The first kappa shape index (κ1) is 16.9. The molecule has 0 spiro atoms. The zero-order chi connectivity index (χ0) is 15.0. The van der Waals surface area contributed by atoms with Gasteiger partial charge in [-0.15, -0.1) is 0 Å². The monoisotopic (exact) mass is 308 g/mol. The third-order valence-electron chi connectivity index (χ3n) is 3.28. The van der Waals surface area contributed by atoms with Gasteiger partial charge >= 0.3 is 0 Å². The van der Waals surface area contributed by atoms with Crippen molar-refractivity contribution < 1.29 is 0 Å². The van der Waals surface area contributed by atoms with Gasteiger partial charge in [-0.2, -0.15) is 0 Å². The predicted octanol–water partition coefficient (Wildman–Crippen LogP) is 5.11. The van der Waals surface area contributed by atoms with E-state index in [1.54, 1.807) is 5.30 Å². The van der Waals surface area contributed by atoms with E-state index in [1.807, 2.05) is 4.54 Å². The highest BCUT2D eigenvalue weighted by Gasteiger charge is 2.31. The molecule has 1 rings (SSSR count). The Balaban J connectivity index is 3.48. The Morgan fingerprint density at radius 1 is 0.789 bits per heavy atom. The zero-order valence-electron chi connectivity index (χ0n) is 14.1. The molecule has 1 aromatic carbocycles. The van der Waals surface area contributed by atoms with Crippen LogP contribution in [-0.4, -0.2) is 20.7 Å². The van der Waals surface area contributed by atoms with Crippen molar-refractivity contribution in [3.05, 3.63) is 28.8 Å². The highest BCUT2D eigenvalue weighted by Crippen LogP contribution is 2.24. The van der Waals surface area contributed by atoms with Crippen LogP contribution in [0.3, 0.4) is 0 Å². The summed E-state index contributed by atoms with van der Waals surface area (Å²) in [6.07, 6.45) is 0. The second-order valence-electron chi connectivity index (χ2n) is 7.71. The SMILES string of the molecule is Cc1cc(C)c(P=C([Si](C)(C)C)[Si](C)(C)C)c(C)c1. The molecule has 3 heteroatoms. The standard InChI is InChI=1S/C16H29PSi2/c1-12-10-13(2)15(14(3)11-12)17-16(18(4,5)6)19(7,8)9/h10-11H,1-9H3. The maximum atomic E-state index is 2.51. The van der Waals surface area contributed by atoms with Crippen LogP contribution in [0.15, 0.2) is 12.1 Å². The van der Waals surface area contributed by atoms with E-state index in [9.17, 15) is 0 Å². The van der Waals surface area contributed by atoms with Gasteiger partial charge in [-0.25, -0.2) is 0 Å². The molecule has 1 aromatic rings. The van der Waals surface area contributed by atoms with Gasteiger partial charge in [0.1, 0.15) is 0 Å². The Kier molecular flexibility index (Phi) is 5.04. The second-order valence-corrected chi connectivity index (χ2v) is 20.2. The molecule has 0 radical (unpaired) electrons. The van der Waals surface area contributed by atoms with Crippen molar-refractivity contribution in [1.82, 2.24) is 0 Å². The number of rotatable bonds is 3. The Bertz CT molecular complexity index is 463. The normalized spacial score (nSPS) is 12.9. The van der Waals surface area contributed by atoms with E-state index in [0.29, 0.717) is 0 Å². The van der Waals surface area contributed by atoms with Gasteiger partial charge in [0, 0.05) is 5.30 Å². The summed E-state index contributed by atoms with van der Waals surface area (Å²) in [7, 11) is -0.878. The van der Waals surface area contributed by atoms with Gasteiger partial charge in [-0.05, 0) is 31.9 Å². The third kappa shape index (κ3) is 4.41. The summed E-state index contributed by atoms with van der Waals surface area (Å²) in [6, 6.07) is 4.67. The minimum absolute atomic E-state index is 1.20. The maximum Gasteiger partial charge on any atom is 0.0735 e. The first-order valence-electron chi connectivity index (χ1n) is 7.10. The molecule has 0 saturated heterocycles. The fourth-order valence-corrected chi connectivity index (χ4v) is 16.0. The molecule has 0 aromatic heterocycles. The topological polar surface area (TPSA) is 0 Å². The molecule has 0 bridgehead atoms. The molecule has 0 N–H and O–H groups in total. The lowest BCUT2D eigenvalue weighted by Gasteiger charge is -2.31. The van der Waals surface area contributed by atoms with Crippen LogP contribution in [0.4, 0.5) is 0 Å². The van der Waals surface area contributed by atoms with Crippen LogP contribution >= 0.6 is 8.20 Å². The van der Waals surface area contributed by atoms with Crippen LogP contribution in [0.2, 0.25) is 39.3 Å².